The van der Waals surface area contributed by atoms with Gasteiger partial charge in [-0.05, 0) is 33.6 Å². The summed E-state index contributed by atoms with van der Waals surface area (Å²) in [5.41, 5.74) is 1.05. The van der Waals surface area contributed by atoms with Crippen molar-refractivity contribution < 1.29 is 9.47 Å². The van der Waals surface area contributed by atoms with E-state index in [-0.39, 0.29) is 0 Å². The monoisotopic (exact) mass is 269 g/mol. The number of hydrogen-bond acceptors (Lipinski definition) is 4. The van der Waals surface area contributed by atoms with Gasteiger partial charge in [0.25, 0.3) is 0 Å². The number of unbranched alkanes of at least 4 members (excludes halogenated alkanes) is 1. The molecule has 1 aromatic heterocycles. The van der Waals surface area contributed by atoms with Gasteiger partial charge in [-0.25, -0.2) is 4.98 Å². The summed E-state index contributed by atoms with van der Waals surface area (Å²) >= 11 is 0. The Balaban J connectivity index is 2.15. The maximum atomic E-state index is 5.42. The van der Waals surface area contributed by atoms with Crippen LogP contribution in [0.5, 0.6) is 0 Å². The first-order valence-electron chi connectivity index (χ1n) is 7.01. The number of nitrogens with one attached hydrogen (secondary N) is 1. The fraction of sp³-hybridized carbons (Fsp3) is 0.786. The molecule has 0 atom stereocenters. The van der Waals surface area contributed by atoms with Crippen LogP contribution in [0.1, 0.15) is 38.4 Å². The van der Waals surface area contributed by atoms with E-state index < -0.39 is 0 Å². The lowest BCUT2D eigenvalue weighted by atomic mass is 10.3. The van der Waals surface area contributed by atoms with Crippen LogP contribution < -0.4 is 5.32 Å². The molecule has 1 heterocycles. The molecule has 19 heavy (non-hydrogen) atoms. The molecule has 0 aliphatic heterocycles. The summed E-state index contributed by atoms with van der Waals surface area (Å²) in [4.78, 5) is 4.49. The molecule has 0 aliphatic carbocycles. The van der Waals surface area contributed by atoms with Crippen LogP contribution in [-0.4, -0.2) is 43.0 Å². The molecule has 0 saturated heterocycles. The van der Waals surface area contributed by atoms with Gasteiger partial charge in [0.2, 0.25) is 5.95 Å². The predicted molar refractivity (Wildman–Crippen MR) is 77.8 cm³/mol. The van der Waals surface area contributed by atoms with E-state index in [1.165, 1.54) is 0 Å². The summed E-state index contributed by atoms with van der Waals surface area (Å²) < 4.78 is 12.5. The molecule has 5 nitrogen and oxygen atoms in total. The van der Waals surface area contributed by atoms with Crippen LogP contribution >= 0.6 is 0 Å². The Morgan fingerprint density at radius 2 is 2.05 bits per heavy atom. The molecule has 1 N–H and O–H groups in total. The summed E-state index contributed by atoms with van der Waals surface area (Å²) in [6, 6.07) is 0.432. The fourth-order valence-corrected chi connectivity index (χ4v) is 1.81. The minimum Gasteiger partial charge on any atom is -0.382 e. The van der Waals surface area contributed by atoms with Crippen LogP contribution in [0.2, 0.25) is 0 Å². The quantitative estimate of drug-likeness (QED) is 0.663. The van der Waals surface area contributed by atoms with Crippen molar-refractivity contribution in [3.05, 3.63) is 11.9 Å². The summed E-state index contributed by atoms with van der Waals surface area (Å²) in [5, 5.41) is 3.39. The van der Waals surface area contributed by atoms with Gasteiger partial charge in [-0.1, -0.05) is 0 Å². The average Bonchev–Trinajstić information content (AvgIpc) is 2.74. The van der Waals surface area contributed by atoms with Crippen LogP contribution in [0.25, 0.3) is 0 Å². The average molecular weight is 269 g/mol. The zero-order valence-corrected chi connectivity index (χ0v) is 12.6. The van der Waals surface area contributed by atoms with Crippen LogP contribution in [0.15, 0.2) is 6.20 Å². The molecule has 110 valence electrons. The van der Waals surface area contributed by atoms with Crippen molar-refractivity contribution >= 4 is 5.95 Å². The predicted octanol–water partition coefficient (Wildman–Crippen LogP) is 2.63. The van der Waals surface area contributed by atoms with Crippen molar-refractivity contribution in [3.8, 4) is 0 Å². The summed E-state index contributed by atoms with van der Waals surface area (Å²) in [6.07, 6.45) is 4.22. The van der Waals surface area contributed by atoms with Gasteiger partial charge in [-0.3, -0.25) is 0 Å². The normalized spacial score (nSPS) is 11.2. The number of methoxy groups -OCH3 is 1. The fourth-order valence-electron chi connectivity index (χ4n) is 1.81. The highest BCUT2D eigenvalue weighted by molar-refractivity contribution is 5.29. The highest BCUT2D eigenvalue weighted by Gasteiger charge is 2.07. The molecule has 0 bridgehead atoms. The third kappa shape index (κ3) is 6.07. The van der Waals surface area contributed by atoms with Crippen molar-refractivity contribution in [1.82, 2.24) is 9.55 Å². The number of hydrogen-bond donors (Lipinski definition) is 1. The van der Waals surface area contributed by atoms with E-state index in [0.29, 0.717) is 19.3 Å². The topological polar surface area (TPSA) is 48.3 Å². The van der Waals surface area contributed by atoms with E-state index in [0.717, 1.165) is 37.6 Å². The number of anilines is 1. The lowest BCUT2D eigenvalue weighted by Gasteiger charge is -2.12. The van der Waals surface area contributed by atoms with E-state index in [2.05, 4.69) is 34.9 Å². The molecule has 0 amide bonds. The van der Waals surface area contributed by atoms with Gasteiger partial charge in [0, 0.05) is 32.5 Å². The summed E-state index contributed by atoms with van der Waals surface area (Å²) in [6.45, 7) is 9.42. The number of rotatable bonds is 10. The van der Waals surface area contributed by atoms with E-state index in [9.17, 15) is 0 Å². The van der Waals surface area contributed by atoms with Gasteiger partial charge in [-0.2, -0.15) is 0 Å². The zero-order chi connectivity index (χ0) is 14.1. The Morgan fingerprint density at radius 3 is 2.74 bits per heavy atom. The molecule has 0 radical (unpaired) electrons. The first-order valence-corrected chi connectivity index (χ1v) is 7.01. The Morgan fingerprint density at radius 1 is 1.26 bits per heavy atom. The van der Waals surface area contributed by atoms with Crippen LogP contribution in [-0.2, 0) is 9.47 Å². The Labute approximate surface area is 116 Å². The highest BCUT2D eigenvalue weighted by Crippen LogP contribution is 2.15. The van der Waals surface area contributed by atoms with Gasteiger partial charge in [-0.15, -0.1) is 0 Å². The zero-order valence-electron chi connectivity index (χ0n) is 12.6. The van der Waals surface area contributed by atoms with E-state index in [4.69, 9.17) is 9.47 Å². The molecule has 0 fully saturated rings. The van der Waals surface area contributed by atoms with Crippen molar-refractivity contribution in [2.24, 2.45) is 0 Å². The number of imidazole rings is 1. The first kappa shape index (κ1) is 16.0. The van der Waals surface area contributed by atoms with E-state index >= 15 is 0 Å². The number of nitrogens with zero attached hydrogens (tertiary/aromatic N) is 2. The molecule has 1 rings (SSSR count). The minimum atomic E-state index is 0.432. The Bertz CT molecular complexity index is 350. The van der Waals surface area contributed by atoms with Gasteiger partial charge in [0.15, 0.2) is 0 Å². The second-order valence-corrected chi connectivity index (χ2v) is 4.95. The maximum Gasteiger partial charge on any atom is 0.203 e. The van der Waals surface area contributed by atoms with Crippen molar-refractivity contribution in [3.63, 3.8) is 0 Å². The molecule has 1 aromatic rings. The maximum absolute atomic E-state index is 5.42. The van der Waals surface area contributed by atoms with Crippen LogP contribution in [0.3, 0.4) is 0 Å². The molecule has 5 heteroatoms. The Kier molecular flexibility index (Phi) is 7.52. The lowest BCUT2D eigenvalue weighted by molar-refractivity contribution is 0.0691. The molecule has 0 spiro atoms. The molecule has 0 saturated carbocycles. The summed E-state index contributed by atoms with van der Waals surface area (Å²) in [5.74, 6) is 0.966. The molecule has 0 unspecified atom stereocenters. The Hall–Kier alpha value is -1.07. The SMILES string of the molecule is COCCOCCCCNc1nc(C)cn1C(C)C. The van der Waals surface area contributed by atoms with E-state index in [1.54, 1.807) is 7.11 Å². The first-order chi connectivity index (χ1) is 9.15. The molecular weight excluding hydrogens is 242 g/mol. The van der Waals surface area contributed by atoms with Gasteiger partial charge < -0.3 is 19.4 Å². The second kappa shape index (κ2) is 8.93. The third-order valence-electron chi connectivity index (χ3n) is 2.84. The standard InChI is InChI=1S/C14H27N3O2/c1-12(2)17-11-13(3)16-14(17)15-7-5-6-8-19-10-9-18-4/h11-12H,5-10H2,1-4H3,(H,15,16). The second-order valence-electron chi connectivity index (χ2n) is 4.95. The van der Waals surface area contributed by atoms with Crippen molar-refractivity contribution in [2.45, 2.75) is 39.7 Å². The number of ether oxygens (including phenoxy) is 2. The van der Waals surface area contributed by atoms with Crippen LogP contribution in [0, 0.1) is 6.92 Å². The minimum absolute atomic E-state index is 0.432. The largest absolute Gasteiger partial charge is 0.382 e. The van der Waals surface area contributed by atoms with Crippen molar-refractivity contribution in [1.29, 1.82) is 0 Å². The lowest BCUT2D eigenvalue weighted by Crippen LogP contribution is -2.11. The molecule has 0 aliphatic rings. The van der Waals surface area contributed by atoms with Gasteiger partial charge in [0.05, 0.1) is 18.9 Å². The van der Waals surface area contributed by atoms with Crippen LogP contribution in [0.4, 0.5) is 5.95 Å². The number of aryl methyl sites for hydroxylation is 1. The molecular formula is C14H27N3O2. The summed E-state index contributed by atoms with van der Waals surface area (Å²) in [7, 11) is 1.69. The molecule has 0 aromatic carbocycles. The third-order valence-corrected chi connectivity index (χ3v) is 2.84. The highest BCUT2D eigenvalue weighted by atomic mass is 16.5. The smallest absolute Gasteiger partial charge is 0.203 e. The van der Waals surface area contributed by atoms with Gasteiger partial charge in [0.1, 0.15) is 0 Å². The van der Waals surface area contributed by atoms with E-state index in [1.807, 2.05) is 6.92 Å². The van der Waals surface area contributed by atoms with Gasteiger partial charge >= 0.3 is 0 Å². The van der Waals surface area contributed by atoms with Crippen molar-refractivity contribution in [2.75, 3.05) is 38.8 Å². The number of aromatic nitrogens is 2.